The molecule has 1 heterocycles. The third-order valence-electron chi connectivity index (χ3n) is 3.93. The molecule has 0 unspecified atom stereocenters. The minimum absolute atomic E-state index is 0.444. The van der Waals surface area contributed by atoms with Crippen molar-refractivity contribution in [2.75, 3.05) is 26.4 Å². The number of pyridine rings is 1. The lowest BCUT2D eigenvalue weighted by molar-refractivity contribution is 0.0766. The Morgan fingerprint density at radius 3 is 2.50 bits per heavy atom. The lowest BCUT2D eigenvalue weighted by atomic mass is 10.1. The van der Waals surface area contributed by atoms with Crippen LogP contribution in [0.2, 0.25) is 5.02 Å². The zero-order valence-corrected chi connectivity index (χ0v) is 15.8. The van der Waals surface area contributed by atoms with Gasteiger partial charge in [0.1, 0.15) is 30.2 Å². The van der Waals surface area contributed by atoms with Crippen molar-refractivity contribution in [2.45, 2.75) is 13.8 Å². The Balaban J connectivity index is 1.40. The van der Waals surface area contributed by atoms with Crippen molar-refractivity contribution in [3.8, 4) is 11.5 Å². The molecule has 2 aromatic carbocycles. The molecule has 136 valence electrons. The van der Waals surface area contributed by atoms with E-state index in [0.29, 0.717) is 31.5 Å². The van der Waals surface area contributed by atoms with Crippen LogP contribution in [0.3, 0.4) is 0 Å². The van der Waals surface area contributed by atoms with Gasteiger partial charge in [-0.15, -0.1) is 0 Å². The van der Waals surface area contributed by atoms with E-state index in [2.05, 4.69) is 4.98 Å². The van der Waals surface area contributed by atoms with Gasteiger partial charge < -0.3 is 14.2 Å². The van der Waals surface area contributed by atoms with Gasteiger partial charge in [0.25, 0.3) is 0 Å². The van der Waals surface area contributed by atoms with Crippen LogP contribution in [0.5, 0.6) is 11.5 Å². The molecule has 3 rings (SSSR count). The zero-order valence-electron chi connectivity index (χ0n) is 15.0. The van der Waals surface area contributed by atoms with Crippen LogP contribution in [0.15, 0.2) is 48.7 Å². The van der Waals surface area contributed by atoms with Gasteiger partial charge in [0.05, 0.1) is 18.2 Å². The molecule has 0 aliphatic heterocycles. The summed E-state index contributed by atoms with van der Waals surface area (Å²) >= 11 is 6.22. The van der Waals surface area contributed by atoms with Crippen molar-refractivity contribution < 1.29 is 14.2 Å². The lowest BCUT2D eigenvalue weighted by Crippen LogP contribution is -2.12. The van der Waals surface area contributed by atoms with Crippen LogP contribution in [0.4, 0.5) is 0 Å². The second kappa shape index (κ2) is 8.88. The molecule has 0 saturated heterocycles. The van der Waals surface area contributed by atoms with Gasteiger partial charge in [-0.1, -0.05) is 35.9 Å². The zero-order chi connectivity index (χ0) is 18.4. The highest BCUT2D eigenvalue weighted by atomic mass is 35.5. The number of para-hydroxylation sites is 1. The molecular weight excluding hydrogens is 350 g/mol. The van der Waals surface area contributed by atoms with Crippen molar-refractivity contribution in [1.82, 2.24) is 4.98 Å². The average molecular weight is 372 g/mol. The first kappa shape index (κ1) is 18.5. The summed E-state index contributed by atoms with van der Waals surface area (Å²) in [6.45, 7) is 5.85. The Hall–Kier alpha value is -2.30. The van der Waals surface area contributed by atoms with Crippen LogP contribution in [0, 0.1) is 13.8 Å². The van der Waals surface area contributed by atoms with Crippen molar-refractivity contribution >= 4 is 22.5 Å². The minimum Gasteiger partial charge on any atom is -0.489 e. The van der Waals surface area contributed by atoms with Crippen LogP contribution in [-0.4, -0.2) is 31.4 Å². The number of benzene rings is 2. The molecule has 3 aromatic rings. The monoisotopic (exact) mass is 371 g/mol. The number of hydrogen-bond acceptors (Lipinski definition) is 4. The molecule has 0 saturated carbocycles. The summed E-state index contributed by atoms with van der Waals surface area (Å²) in [5.41, 5.74) is 3.01. The van der Waals surface area contributed by atoms with E-state index < -0.39 is 0 Å². The largest absolute Gasteiger partial charge is 0.489 e. The van der Waals surface area contributed by atoms with Crippen molar-refractivity contribution in [3.63, 3.8) is 0 Å². The second-order valence-corrected chi connectivity index (χ2v) is 6.44. The normalized spacial score (nSPS) is 10.9. The van der Waals surface area contributed by atoms with Gasteiger partial charge in [-0.05, 0) is 43.2 Å². The molecule has 0 fully saturated rings. The van der Waals surface area contributed by atoms with Gasteiger partial charge in [0, 0.05) is 11.6 Å². The fourth-order valence-electron chi connectivity index (χ4n) is 2.79. The molecule has 0 aliphatic rings. The van der Waals surface area contributed by atoms with Crippen LogP contribution < -0.4 is 9.47 Å². The molecule has 4 nitrogen and oxygen atoms in total. The molecule has 0 radical (unpaired) electrons. The highest BCUT2D eigenvalue weighted by Crippen LogP contribution is 2.29. The molecule has 0 amide bonds. The summed E-state index contributed by atoms with van der Waals surface area (Å²) < 4.78 is 17.1. The average Bonchev–Trinajstić information content (AvgIpc) is 2.62. The van der Waals surface area contributed by atoms with Gasteiger partial charge >= 0.3 is 0 Å². The molecule has 0 atom stereocenters. The predicted molar refractivity (Wildman–Crippen MR) is 104 cm³/mol. The first-order valence-electron chi connectivity index (χ1n) is 8.59. The summed E-state index contributed by atoms with van der Waals surface area (Å²) in [6.07, 6.45) is 1.77. The van der Waals surface area contributed by atoms with Gasteiger partial charge in [-0.2, -0.15) is 0 Å². The van der Waals surface area contributed by atoms with Crippen LogP contribution in [-0.2, 0) is 4.74 Å². The van der Waals surface area contributed by atoms with Gasteiger partial charge in [0.2, 0.25) is 0 Å². The Morgan fingerprint density at radius 1 is 0.923 bits per heavy atom. The van der Waals surface area contributed by atoms with Gasteiger partial charge in [-0.25, -0.2) is 0 Å². The fraction of sp³-hybridized carbons (Fsp3) is 0.286. The highest BCUT2D eigenvalue weighted by Gasteiger charge is 2.06. The Morgan fingerprint density at radius 2 is 1.69 bits per heavy atom. The fourth-order valence-corrected chi connectivity index (χ4v) is 3.17. The molecule has 0 spiro atoms. The van der Waals surface area contributed by atoms with E-state index in [-0.39, 0.29) is 0 Å². The molecule has 0 aliphatic carbocycles. The topological polar surface area (TPSA) is 40.6 Å². The van der Waals surface area contributed by atoms with Gasteiger partial charge in [0.15, 0.2) is 0 Å². The van der Waals surface area contributed by atoms with E-state index in [9.17, 15) is 0 Å². The smallest absolute Gasteiger partial charge is 0.145 e. The maximum Gasteiger partial charge on any atom is 0.145 e. The maximum atomic E-state index is 6.22. The summed E-state index contributed by atoms with van der Waals surface area (Å²) in [5.74, 6) is 1.49. The lowest BCUT2D eigenvalue weighted by Gasteiger charge is -2.12. The van der Waals surface area contributed by atoms with Crippen molar-refractivity contribution in [3.05, 3.63) is 64.8 Å². The molecule has 0 bridgehead atoms. The number of ether oxygens (including phenoxy) is 3. The number of aromatic nitrogens is 1. The van der Waals surface area contributed by atoms with Gasteiger partial charge in [-0.3, -0.25) is 4.98 Å². The van der Waals surface area contributed by atoms with Crippen LogP contribution in [0.1, 0.15) is 11.1 Å². The quantitative estimate of drug-likeness (QED) is 0.523. The second-order valence-electron chi connectivity index (χ2n) is 6.03. The standard InChI is InChI=1S/C21H22ClNO3/c1-15-13-16(2)21(18(22)14-15)26-12-10-24-9-11-25-19-7-3-5-17-6-4-8-23-20(17)19/h3-8,13-14H,9-12H2,1-2H3. The van der Waals surface area contributed by atoms with E-state index in [0.717, 1.165) is 33.5 Å². The van der Waals surface area contributed by atoms with E-state index >= 15 is 0 Å². The van der Waals surface area contributed by atoms with E-state index in [1.807, 2.05) is 56.3 Å². The van der Waals surface area contributed by atoms with Crippen molar-refractivity contribution in [2.24, 2.45) is 0 Å². The molecule has 0 N–H and O–H groups in total. The third-order valence-corrected chi connectivity index (χ3v) is 4.21. The van der Waals surface area contributed by atoms with Crippen LogP contribution in [0.25, 0.3) is 10.9 Å². The molecule has 1 aromatic heterocycles. The number of aryl methyl sites for hydroxylation is 2. The highest BCUT2D eigenvalue weighted by molar-refractivity contribution is 6.32. The Bertz CT molecular complexity index is 854. The summed E-state index contributed by atoms with van der Waals surface area (Å²) in [6, 6.07) is 13.8. The SMILES string of the molecule is Cc1cc(C)c(OCCOCCOc2cccc3cccnc23)c(Cl)c1. The predicted octanol–water partition coefficient (Wildman–Crippen LogP) is 4.98. The molecule has 5 heteroatoms. The minimum atomic E-state index is 0.444. The van der Waals surface area contributed by atoms with E-state index in [1.54, 1.807) is 6.20 Å². The summed E-state index contributed by atoms with van der Waals surface area (Å²) in [7, 11) is 0. The Labute approximate surface area is 158 Å². The Kier molecular flexibility index (Phi) is 6.31. The van der Waals surface area contributed by atoms with E-state index in [1.165, 1.54) is 0 Å². The maximum absolute atomic E-state index is 6.22. The number of rotatable bonds is 8. The first-order chi connectivity index (χ1) is 12.6. The number of halogens is 1. The summed E-state index contributed by atoms with van der Waals surface area (Å²) in [5, 5.41) is 1.69. The summed E-state index contributed by atoms with van der Waals surface area (Å²) in [4.78, 5) is 4.37. The van der Waals surface area contributed by atoms with Crippen LogP contribution >= 0.6 is 11.6 Å². The third kappa shape index (κ3) is 4.65. The van der Waals surface area contributed by atoms with Crippen molar-refractivity contribution in [1.29, 1.82) is 0 Å². The molecular formula is C21H22ClNO3. The number of fused-ring (bicyclic) bond motifs is 1. The molecule has 26 heavy (non-hydrogen) atoms. The number of nitrogens with zero attached hydrogens (tertiary/aromatic N) is 1. The first-order valence-corrected chi connectivity index (χ1v) is 8.97. The number of hydrogen-bond donors (Lipinski definition) is 0. The van der Waals surface area contributed by atoms with E-state index in [4.69, 9.17) is 25.8 Å².